The van der Waals surface area contributed by atoms with Crippen molar-refractivity contribution < 1.29 is 10.3 Å². The summed E-state index contributed by atoms with van der Waals surface area (Å²) in [5.74, 6) is 0.00779. The number of anilines is 1. The quantitative estimate of drug-likeness (QED) is 0.443. The van der Waals surface area contributed by atoms with Gasteiger partial charge in [-0.3, -0.25) is 4.99 Å². The minimum atomic E-state index is 0.00779. The molecule has 0 radical (unpaired) electrons. The third-order valence-corrected chi connectivity index (χ3v) is 1.70. The number of nitrogens with two attached hydrogens (primary N) is 1. The van der Waals surface area contributed by atoms with Crippen LogP contribution in [0.3, 0.4) is 0 Å². The Morgan fingerprint density at radius 2 is 2.29 bits per heavy atom. The number of nitrogen functional groups attached to an aromatic ring is 1. The molecule has 78 valence electrons. The van der Waals surface area contributed by atoms with E-state index in [1.54, 1.807) is 6.07 Å². The zero-order valence-corrected chi connectivity index (χ0v) is 7.80. The first kappa shape index (κ1) is 10.5. The number of nitrogens with zero attached hydrogens (tertiary/aromatic N) is 3. The maximum absolute atomic E-state index is 9.34. The molecule has 0 aromatic carbocycles. The standard InChI is InChI=1S/C8H14N4O2/c9-8-11-5-3-7(12(8)14)10-4-1-2-6-13/h3,5,13-14H,1-2,4,6H2,(H2,9,11). The van der Waals surface area contributed by atoms with Crippen molar-refractivity contribution in [2.24, 2.45) is 4.99 Å². The van der Waals surface area contributed by atoms with E-state index in [1.165, 1.54) is 6.20 Å². The topological polar surface area (TPSA) is 96.7 Å². The molecule has 0 fully saturated rings. The molecule has 0 bridgehead atoms. The summed E-state index contributed by atoms with van der Waals surface area (Å²) in [5, 5.41) is 17.9. The Labute approximate surface area is 81.3 Å². The summed E-state index contributed by atoms with van der Waals surface area (Å²) >= 11 is 0. The Morgan fingerprint density at radius 1 is 1.50 bits per heavy atom. The second kappa shape index (κ2) is 5.23. The SMILES string of the molecule is Nc1nccc(=NCCCCO)n1O. The van der Waals surface area contributed by atoms with E-state index in [0.29, 0.717) is 18.5 Å². The smallest absolute Gasteiger partial charge is 0.236 e. The summed E-state index contributed by atoms with van der Waals surface area (Å²) in [5.41, 5.74) is 5.72. The Morgan fingerprint density at radius 3 is 3.00 bits per heavy atom. The highest BCUT2D eigenvalue weighted by atomic mass is 16.5. The monoisotopic (exact) mass is 198 g/mol. The molecule has 1 rings (SSSR count). The van der Waals surface area contributed by atoms with Crippen LogP contribution in [0, 0.1) is 0 Å². The van der Waals surface area contributed by atoms with E-state index in [4.69, 9.17) is 10.8 Å². The first-order valence-electron chi connectivity index (χ1n) is 4.40. The van der Waals surface area contributed by atoms with E-state index in [9.17, 15) is 5.21 Å². The molecule has 6 nitrogen and oxygen atoms in total. The molecule has 0 atom stereocenters. The molecule has 4 N–H and O–H groups in total. The summed E-state index contributed by atoms with van der Waals surface area (Å²) in [6, 6.07) is 1.56. The van der Waals surface area contributed by atoms with Crippen LogP contribution in [0.15, 0.2) is 17.3 Å². The summed E-state index contributed by atoms with van der Waals surface area (Å²) in [7, 11) is 0. The summed E-state index contributed by atoms with van der Waals surface area (Å²) in [4.78, 5) is 7.76. The van der Waals surface area contributed by atoms with Gasteiger partial charge in [-0.1, -0.05) is 0 Å². The average Bonchev–Trinajstić information content (AvgIpc) is 2.19. The van der Waals surface area contributed by atoms with E-state index in [1.807, 2.05) is 0 Å². The Hall–Kier alpha value is -1.56. The van der Waals surface area contributed by atoms with Gasteiger partial charge in [0.15, 0.2) is 5.49 Å². The van der Waals surface area contributed by atoms with Crippen molar-refractivity contribution in [3.8, 4) is 0 Å². The number of hydrogen-bond acceptors (Lipinski definition) is 5. The minimum absolute atomic E-state index is 0.00779. The van der Waals surface area contributed by atoms with Crippen LogP contribution < -0.4 is 11.2 Å². The van der Waals surface area contributed by atoms with Gasteiger partial charge in [0.05, 0.1) is 0 Å². The molecule has 0 saturated carbocycles. The molecular formula is C8H14N4O2. The Balaban J connectivity index is 2.70. The van der Waals surface area contributed by atoms with Crippen LogP contribution in [0.1, 0.15) is 12.8 Å². The van der Waals surface area contributed by atoms with Crippen molar-refractivity contribution >= 4 is 5.95 Å². The number of rotatable bonds is 4. The molecule has 0 aliphatic rings. The third kappa shape index (κ3) is 2.74. The highest BCUT2D eigenvalue weighted by molar-refractivity contribution is 5.13. The number of aliphatic hydroxyl groups excluding tert-OH is 1. The van der Waals surface area contributed by atoms with Gasteiger partial charge in [-0.15, -0.1) is 4.73 Å². The van der Waals surface area contributed by atoms with Crippen LogP contribution in [0.5, 0.6) is 0 Å². The van der Waals surface area contributed by atoms with Gasteiger partial charge < -0.3 is 16.0 Å². The fourth-order valence-electron chi connectivity index (χ4n) is 0.960. The van der Waals surface area contributed by atoms with E-state index in [-0.39, 0.29) is 12.6 Å². The van der Waals surface area contributed by atoms with Crippen molar-refractivity contribution in [1.29, 1.82) is 0 Å². The fourth-order valence-corrected chi connectivity index (χ4v) is 0.960. The molecule has 1 heterocycles. The van der Waals surface area contributed by atoms with E-state index in [0.717, 1.165) is 11.2 Å². The van der Waals surface area contributed by atoms with E-state index < -0.39 is 0 Å². The van der Waals surface area contributed by atoms with Crippen molar-refractivity contribution in [3.63, 3.8) is 0 Å². The van der Waals surface area contributed by atoms with Gasteiger partial charge in [-0.2, -0.15) is 0 Å². The van der Waals surface area contributed by atoms with Gasteiger partial charge in [-0.05, 0) is 12.8 Å². The van der Waals surface area contributed by atoms with Crippen LogP contribution in [0.4, 0.5) is 5.95 Å². The maximum atomic E-state index is 9.34. The number of aliphatic hydroxyl groups is 1. The number of unbranched alkanes of at least 4 members (excludes halogenated alkanes) is 1. The van der Waals surface area contributed by atoms with Crippen LogP contribution >= 0.6 is 0 Å². The molecular weight excluding hydrogens is 184 g/mol. The molecule has 1 aromatic heterocycles. The average molecular weight is 198 g/mol. The summed E-state index contributed by atoms with van der Waals surface area (Å²) in [6.45, 7) is 0.706. The number of aromatic nitrogens is 2. The van der Waals surface area contributed by atoms with E-state index >= 15 is 0 Å². The molecule has 0 unspecified atom stereocenters. The first-order chi connectivity index (χ1) is 6.75. The van der Waals surface area contributed by atoms with E-state index in [2.05, 4.69) is 9.98 Å². The zero-order valence-electron chi connectivity index (χ0n) is 7.80. The molecule has 14 heavy (non-hydrogen) atoms. The molecule has 0 spiro atoms. The van der Waals surface area contributed by atoms with Gasteiger partial charge in [0.2, 0.25) is 5.95 Å². The first-order valence-corrected chi connectivity index (χ1v) is 4.40. The lowest BCUT2D eigenvalue weighted by Gasteiger charge is -2.00. The second-order valence-electron chi connectivity index (χ2n) is 2.79. The summed E-state index contributed by atoms with van der Waals surface area (Å²) in [6.07, 6.45) is 2.96. The van der Waals surface area contributed by atoms with Crippen LogP contribution in [-0.4, -0.2) is 33.2 Å². The van der Waals surface area contributed by atoms with Gasteiger partial charge >= 0.3 is 0 Å². The summed E-state index contributed by atoms with van der Waals surface area (Å²) < 4.78 is 0.735. The van der Waals surface area contributed by atoms with Gasteiger partial charge in [0.1, 0.15) is 0 Å². The second-order valence-corrected chi connectivity index (χ2v) is 2.79. The van der Waals surface area contributed by atoms with Crippen molar-refractivity contribution in [2.45, 2.75) is 12.8 Å². The van der Waals surface area contributed by atoms with Crippen molar-refractivity contribution in [3.05, 3.63) is 17.8 Å². The van der Waals surface area contributed by atoms with Crippen LogP contribution in [-0.2, 0) is 0 Å². The van der Waals surface area contributed by atoms with Gasteiger partial charge in [0.25, 0.3) is 0 Å². The zero-order chi connectivity index (χ0) is 10.4. The van der Waals surface area contributed by atoms with Crippen molar-refractivity contribution in [2.75, 3.05) is 18.9 Å². The predicted octanol–water partition coefficient (Wildman–Crippen LogP) is -0.624. The lowest BCUT2D eigenvalue weighted by Crippen LogP contribution is -2.22. The van der Waals surface area contributed by atoms with Crippen LogP contribution in [0.2, 0.25) is 0 Å². The van der Waals surface area contributed by atoms with Crippen LogP contribution in [0.25, 0.3) is 0 Å². The molecule has 6 heteroatoms. The fraction of sp³-hybridized carbons (Fsp3) is 0.500. The molecule has 1 aromatic rings. The van der Waals surface area contributed by atoms with Crippen molar-refractivity contribution in [1.82, 2.24) is 9.71 Å². The normalized spacial score (nSPS) is 11.9. The largest absolute Gasteiger partial charge is 0.423 e. The third-order valence-electron chi connectivity index (χ3n) is 1.70. The molecule has 0 amide bonds. The molecule has 0 saturated heterocycles. The number of hydrogen-bond donors (Lipinski definition) is 3. The minimum Gasteiger partial charge on any atom is -0.423 e. The Kier molecular flexibility index (Phi) is 3.93. The Bertz CT molecular complexity index is 347. The van der Waals surface area contributed by atoms with Gasteiger partial charge in [0, 0.05) is 25.4 Å². The predicted molar refractivity (Wildman–Crippen MR) is 50.6 cm³/mol. The maximum Gasteiger partial charge on any atom is 0.236 e. The highest BCUT2D eigenvalue weighted by Gasteiger charge is 1.94. The molecule has 0 aliphatic carbocycles. The lowest BCUT2D eigenvalue weighted by molar-refractivity contribution is 0.175. The lowest BCUT2D eigenvalue weighted by atomic mass is 10.3. The molecule has 0 aliphatic heterocycles. The highest BCUT2D eigenvalue weighted by Crippen LogP contribution is 1.88. The van der Waals surface area contributed by atoms with Gasteiger partial charge in [-0.25, -0.2) is 4.98 Å².